The first-order chi connectivity index (χ1) is 14.6. The van der Waals surface area contributed by atoms with E-state index in [1.54, 1.807) is 4.90 Å². The molecule has 2 atom stereocenters. The van der Waals surface area contributed by atoms with Crippen molar-refractivity contribution in [2.45, 2.75) is 13.8 Å². The second kappa shape index (κ2) is 8.26. The Bertz CT molecular complexity index is 896. The Morgan fingerprint density at radius 3 is 2.00 bits per heavy atom. The van der Waals surface area contributed by atoms with Crippen LogP contribution in [0.5, 0.6) is 0 Å². The second-order valence-corrected chi connectivity index (χ2v) is 11.9. The molecule has 0 aromatic heterocycles. The SMILES string of the molecule is C[C@@]12CN(C(=O)CS(=O)(=O)CCN)C[C@]1(C)CN(c1ccc(N3CCOCC3)cc1)C2. The van der Waals surface area contributed by atoms with E-state index in [4.69, 9.17) is 10.5 Å². The van der Waals surface area contributed by atoms with Gasteiger partial charge in [0.25, 0.3) is 0 Å². The summed E-state index contributed by atoms with van der Waals surface area (Å²) >= 11 is 0. The van der Waals surface area contributed by atoms with Crippen LogP contribution in [0.4, 0.5) is 11.4 Å². The number of carbonyl (C=O) groups excluding carboxylic acids is 1. The summed E-state index contributed by atoms with van der Waals surface area (Å²) < 4.78 is 29.5. The van der Waals surface area contributed by atoms with E-state index in [0.29, 0.717) is 13.1 Å². The molecule has 1 amide bonds. The maximum absolute atomic E-state index is 12.7. The lowest BCUT2D eigenvalue weighted by Gasteiger charge is -2.30. The van der Waals surface area contributed by atoms with Crippen LogP contribution in [0.3, 0.4) is 0 Å². The Hall–Kier alpha value is -1.84. The first-order valence-corrected chi connectivity index (χ1v) is 12.8. The zero-order chi connectivity index (χ0) is 22.3. The summed E-state index contributed by atoms with van der Waals surface area (Å²) in [6, 6.07) is 8.72. The molecule has 0 aliphatic carbocycles. The van der Waals surface area contributed by atoms with Gasteiger partial charge in [-0.3, -0.25) is 4.79 Å². The minimum atomic E-state index is -3.44. The zero-order valence-electron chi connectivity index (χ0n) is 18.5. The summed E-state index contributed by atoms with van der Waals surface area (Å²) in [7, 11) is -3.44. The highest BCUT2D eigenvalue weighted by Gasteiger charge is 2.58. The number of fused-ring (bicyclic) bond motifs is 1. The molecule has 0 bridgehead atoms. The molecule has 1 aromatic carbocycles. The van der Waals surface area contributed by atoms with Gasteiger partial charge in [0.1, 0.15) is 5.75 Å². The van der Waals surface area contributed by atoms with Crippen LogP contribution in [-0.2, 0) is 19.4 Å². The highest BCUT2D eigenvalue weighted by molar-refractivity contribution is 7.92. The minimum Gasteiger partial charge on any atom is -0.378 e. The molecule has 3 aliphatic rings. The Kier molecular flexibility index (Phi) is 5.95. The van der Waals surface area contributed by atoms with Gasteiger partial charge in [0.15, 0.2) is 9.84 Å². The molecule has 0 unspecified atom stereocenters. The molecule has 3 fully saturated rings. The normalized spacial score (nSPS) is 28.8. The van der Waals surface area contributed by atoms with Crippen LogP contribution in [0.15, 0.2) is 24.3 Å². The molecular formula is C22H34N4O4S. The molecule has 172 valence electrons. The number of likely N-dealkylation sites (tertiary alicyclic amines) is 1. The number of rotatable bonds is 6. The number of hydrogen-bond acceptors (Lipinski definition) is 7. The number of amides is 1. The van der Waals surface area contributed by atoms with Gasteiger partial charge < -0.3 is 25.2 Å². The van der Waals surface area contributed by atoms with Crippen molar-refractivity contribution in [2.75, 3.05) is 80.3 Å². The predicted octanol–water partition coefficient (Wildman–Crippen LogP) is 0.572. The number of anilines is 2. The Morgan fingerprint density at radius 2 is 1.48 bits per heavy atom. The molecule has 3 heterocycles. The van der Waals surface area contributed by atoms with Gasteiger partial charge in [0, 0.05) is 68.0 Å². The third-order valence-corrected chi connectivity index (χ3v) is 8.88. The summed E-state index contributed by atoms with van der Waals surface area (Å²) in [6.45, 7) is 10.7. The molecule has 3 aliphatic heterocycles. The molecule has 0 spiro atoms. The Balaban J connectivity index is 1.41. The lowest BCUT2D eigenvalue weighted by atomic mass is 9.71. The van der Waals surface area contributed by atoms with Crippen LogP contribution < -0.4 is 15.5 Å². The first-order valence-electron chi connectivity index (χ1n) is 11.0. The third kappa shape index (κ3) is 4.40. The quantitative estimate of drug-likeness (QED) is 0.677. The molecule has 31 heavy (non-hydrogen) atoms. The fourth-order valence-corrected chi connectivity index (χ4v) is 6.31. The van der Waals surface area contributed by atoms with Gasteiger partial charge in [-0.2, -0.15) is 0 Å². The summed E-state index contributed by atoms with van der Waals surface area (Å²) in [5, 5.41) is 0. The molecule has 3 saturated heterocycles. The van der Waals surface area contributed by atoms with E-state index in [-0.39, 0.29) is 29.0 Å². The number of hydrogen-bond donors (Lipinski definition) is 1. The topological polar surface area (TPSA) is 96.2 Å². The summed E-state index contributed by atoms with van der Waals surface area (Å²) in [5.41, 5.74) is 7.62. The number of nitrogens with zero attached hydrogens (tertiary/aromatic N) is 3. The van der Waals surface area contributed by atoms with Crippen molar-refractivity contribution in [3.05, 3.63) is 24.3 Å². The van der Waals surface area contributed by atoms with E-state index in [9.17, 15) is 13.2 Å². The number of morpholine rings is 1. The van der Waals surface area contributed by atoms with E-state index in [1.165, 1.54) is 11.4 Å². The van der Waals surface area contributed by atoms with E-state index in [2.05, 4.69) is 47.9 Å². The van der Waals surface area contributed by atoms with Crippen molar-refractivity contribution >= 4 is 27.1 Å². The number of ether oxygens (including phenoxy) is 1. The molecule has 9 heteroatoms. The van der Waals surface area contributed by atoms with Crippen molar-refractivity contribution in [3.8, 4) is 0 Å². The Morgan fingerprint density at radius 1 is 0.968 bits per heavy atom. The molecule has 8 nitrogen and oxygen atoms in total. The van der Waals surface area contributed by atoms with Gasteiger partial charge in [-0.1, -0.05) is 13.8 Å². The maximum Gasteiger partial charge on any atom is 0.237 e. The molecule has 4 rings (SSSR count). The van der Waals surface area contributed by atoms with Crippen LogP contribution in [0.1, 0.15) is 13.8 Å². The van der Waals surface area contributed by atoms with Crippen molar-refractivity contribution in [2.24, 2.45) is 16.6 Å². The molecule has 2 N–H and O–H groups in total. The van der Waals surface area contributed by atoms with E-state index in [1.807, 2.05) is 0 Å². The highest BCUT2D eigenvalue weighted by atomic mass is 32.2. The van der Waals surface area contributed by atoms with Crippen LogP contribution >= 0.6 is 0 Å². The van der Waals surface area contributed by atoms with Crippen LogP contribution in [0.25, 0.3) is 0 Å². The second-order valence-electron chi connectivity index (χ2n) is 9.72. The minimum absolute atomic E-state index is 0.0460. The van der Waals surface area contributed by atoms with Crippen molar-refractivity contribution in [1.82, 2.24) is 4.90 Å². The smallest absolute Gasteiger partial charge is 0.237 e. The molecular weight excluding hydrogens is 416 g/mol. The first kappa shape index (κ1) is 22.4. The van der Waals surface area contributed by atoms with Crippen LogP contribution in [0, 0.1) is 10.8 Å². The third-order valence-electron chi connectivity index (χ3n) is 7.33. The van der Waals surface area contributed by atoms with Gasteiger partial charge in [-0.15, -0.1) is 0 Å². The van der Waals surface area contributed by atoms with Crippen molar-refractivity contribution in [3.63, 3.8) is 0 Å². The fraction of sp³-hybridized carbons (Fsp3) is 0.682. The average molecular weight is 451 g/mol. The number of sulfone groups is 1. The van der Waals surface area contributed by atoms with Crippen LogP contribution in [-0.4, -0.2) is 89.8 Å². The summed E-state index contributed by atoms with van der Waals surface area (Å²) in [6.07, 6.45) is 0. The lowest BCUT2D eigenvalue weighted by molar-refractivity contribution is -0.128. The van der Waals surface area contributed by atoms with Crippen molar-refractivity contribution in [1.29, 1.82) is 0 Å². The predicted molar refractivity (Wildman–Crippen MR) is 122 cm³/mol. The average Bonchev–Trinajstić information content (AvgIpc) is 3.13. The Labute approximate surface area is 185 Å². The standard InChI is InChI=1S/C22H34N4O4S/c1-21-14-25(19-5-3-18(4-6-19)24-8-10-30-11-9-24)15-22(21,2)17-26(16-21)20(27)13-31(28,29)12-7-23/h3-6H,7-17,23H2,1-2H3/t21-,22+. The zero-order valence-corrected chi connectivity index (χ0v) is 19.4. The van der Waals surface area contributed by atoms with E-state index < -0.39 is 15.6 Å². The maximum atomic E-state index is 12.7. The summed E-state index contributed by atoms with van der Waals surface area (Å²) in [4.78, 5) is 19.2. The monoisotopic (exact) mass is 450 g/mol. The fourth-order valence-electron chi connectivity index (χ4n) is 5.25. The van der Waals surface area contributed by atoms with Crippen molar-refractivity contribution < 1.29 is 17.9 Å². The van der Waals surface area contributed by atoms with E-state index >= 15 is 0 Å². The number of benzene rings is 1. The van der Waals surface area contributed by atoms with Gasteiger partial charge in [0.05, 0.1) is 19.0 Å². The van der Waals surface area contributed by atoms with Crippen LogP contribution in [0.2, 0.25) is 0 Å². The molecule has 0 radical (unpaired) electrons. The molecule has 0 saturated carbocycles. The van der Waals surface area contributed by atoms with Gasteiger partial charge >= 0.3 is 0 Å². The highest BCUT2D eigenvalue weighted by Crippen LogP contribution is 2.52. The van der Waals surface area contributed by atoms with E-state index in [0.717, 1.165) is 39.4 Å². The lowest BCUT2D eigenvalue weighted by Crippen LogP contribution is -2.39. The number of carbonyl (C=O) groups is 1. The van der Waals surface area contributed by atoms with Gasteiger partial charge in [-0.05, 0) is 24.3 Å². The summed E-state index contributed by atoms with van der Waals surface area (Å²) in [5.74, 6) is -0.884. The molecule has 1 aromatic rings. The van der Waals surface area contributed by atoms with Gasteiger partial charge in [-0.25, -0.2) is 8.42 Å². The largest absolute Gasteiger partial charge is 0.378 e. The van der Waals surface area contributed by atoms with Gasteiger partial charge in [0.2, 0.25) is 5.91 Å². The number of nitrogens with two attached hydrogens (primary N) is 1.